The van der Waals surface area contributed by atoms with Crippen molar-refractivity contribution in [2.75, 3.05) is 13.1 Å². The maximum absolute atomic E-state index is 4.84. The number of aryl methyl sites for hydroxylation is 1. The number of rotatable bonds is 2. The Balaban J connectivity index is 1.80. The van der Waals surface area contributed by atoms with Crippen LogP contribution in [0.5, 0.6) is 0 Å². The normalized spacial score (nSPS) is 18.0. The SMILES string of the molecule is Cc1nc2ccccn2c1C1=NC(N2CCCCC2)=CC=C=N1. The number of fused-ring (bicyclic) bond motifs is 1. The van der Waals surface area contributed by atoms with Crippen LogP contribution < -0.4 is 0 Å². The van der Waals surface area contributed by atoms with E-state index in [0.717, 1.165) is 35.9 Å². The first kappa shape index (κ1) is 14.0. The molecule has 0 radical (unpaired) electrons. The number of aromatic nitrogens is 2. The van der Waals surface area contributed by atoms with Crippen molar-refractivity contribution in [2.24, 2.45) is 9.98 Å². The Morgan fingerprint density at radius 2 is 2.00 bits per heavy atom. The second kappa shape index (κ2) is 5.86. The van der Waals surface area contributed by atoms with Crippen LogP contribution in [0, 0.1) is 6.92 Å². The summed E-state index contributed by atoms with van der Waals surface area (Å²) in [5.41, 5.74) is 2.78. The Kier molecular flexibility index (Phi) is 3.56. The fourth-order valence-electron chi connectivity index (χ4n) is 3.17. The summed E-state index contributed by atoms with van der Waals surface area (Å²) < 4.78 is 2.04. The number of allylic oxidation sites excluding steroid dienone is 2. The quantitative estimate of drug-likeness (QED) is 0.856. The maximum atomic E-state index is 4.84. The molecule has 0 bridgehead atoms. The zero-order chi connectivity index (χ0) is 15.6. The number of amidine groups is 1. The molecule has 2 aromatic rings. The highest BCUT2D eigenvalue weighted by atomic mass is 15.2. The number of imidazole rings is 1. The predicted octanol–water partition coefficient (Wildman–Crippen LogP) is 2.96. The average molecular weight is 305 g/mol. The first-order valence-electron chi connectivity index (χ1n) is 8.10. The van der Waals surface area contributed by atoms with Crippen LogP contribution in [0.25, 0.3) is 5.65 Å². The van der Waals surface area contributed by atoms with Crippen LogP contribution in [-0.2, 0) is 0 Å². The summed E-state index contributed by atoms with van der Waals surface area (Å²) in [7, 11) is 0. The van der Waals surface area contributed by atoms with Gasteiger partial charge in [-0.2, -0.15) is 4.99 Å². The van der Waals surface area contributed by atoms with Crippen LogP contribution in [0.4, 0.5) is 0 Å². The first-order valence-corrected chi connectivity index (χ1v) is 8.10. The third-order valence-corrected chi connectivity index (χ3v) is 4.29. The second-order valence-corrected chi connectivity index (χ2v) is 5.89. The van der Waals surface area contributed by atoms with Crippen molar-refractivity contribution in [3.63, 3.8) is 0 Å². The van der Waals surface area contributed by atoms with Gasteiger partial charge in [0.25, 0.3) is 0 Å². The van der Waals surface area contributed by atoms with Crippen LogP contribution in [0.3, 0.4) is 0 Å². The van der Waals surface area contributed by atoms with Gasteiger partial charge < -0.3 is 4.90 Å². The molecule has 5 heteroatoms. The smallest absolute Gasteiger partial charge is 0.189 e. The van der Waals surface area contributed by atoms with Crippen LogP contribution in [0.2, 0.25) is 0 Å². The number of piperidine rings is 1. The summed E-state index contributed by atoms with van der Waals surface area (Å²) in [5, 5.41) is 0. The Bertz CT molecular complexity index is 859. The molecule has 2 aliphatic heterocycles. The zero-order valence-electron chi connectivity index (χ0n) is 13.2. The predicted molar refractivity (Wildman–Crippen MR) is 92.0 cm³/mol. The van der Waals surface area contributed by atoms with Gasteiger partial charge in [0.1, 0.15) is 17.2 Å². The number of likely N-dealkylation sites (tertiary alicyclic amines) is 1. The molecule has 0 spiro atoms. The van der Waals surface area contributed by atoms with Gasteiger partial charge in [-0.15, -0.1) is 0 Å². The molecule has 0 atom stereocenters. The Labute approximate surface area is 135 Å². The van der Waals surface area contributed by atoms with Gasteiger partial charge in [-0.1, -0.05) is 6.07 Å². The molecular formula is C18H19N5. The van der Waals surface area contributed by atoms with E-state index in [1.807, 2.05) is 47.9 Å². The van der Waals surface area contributed by atoms with Crippen LogP contribution in [-0.4, -0.2) is 39.1 Å². The largest absolute Gasteiger partial charge is 0.357 e. The van der Waals surface area contributed by atoms with Crippen LogP contribution >= 0.6 is 0 Å². The molecule has 116 valence electrons. The molecule has 0 aromatic carbocycles. The highest BCUT2D eigenvalue weighted by Gasteiger charge is 2.18. The van der Waals surface area contributed by atoms with E-state index >= 15 is 0 Å². The molecule has 2 aliphatic rings. The summed E-state index contributed by atoms with van der Waals surface area (Å²) in [6, 6.07) is 5.98. The molecule has 0 saturated carbocycles. The Morgan fingerprint density at radius 1 is 1.13 bits per heavy atom. The molecule has 0 N–H and O–H groups in total. The lowest BCUT2D eigenvalue weighted by Gasteiger charge is -2.28. The van der Waals surface area contributed by atoms with Gasteiger partial charge in [-0.05, 0) is 50.3 Å². The fraction of sp³-hybridized carbons (Fsp3) is 0.333. The van der Waals surface area contributed by atoms with Crippen LogP contribution in [0.1, 0.15) is 30.7 Å². The summed E-state index contributed by atoms with van der Waals surface area (Å²) in [5.74, 6) is 4.62. The summed E-state index contributed by atoms with van der Waals surface area (Å²) in [6.45, 7) is 4.12. The molecule has 0 unspecified atom stereocenters. The van der Waals surface area contributed by atoms with Crippen molar-refractivity contribution < 1.29 is 0 Å². The van der Waals surface area contributed by atoms with E-state index in [1.165, 1.54) is 19.3 Å². The fourth-order valence-corrected chi connectivity index (χ4v) is 3.17. The summed E-state index contributed by atoms with van der Waals surface area (Å²) in [4.78, 5) is 16.2. The van der Waals surface area contributed by atoms with E-state index in [4.69, 9.17) is 4.99 Å². The van der Waals surface area contributed by atoms with E-state index < -0.39 is 0 Å². The van der Waals surface area contributed by atoms with Gasteiger partial charge in [0.2, 0.25) is 0 Å². The van der Waals surface area contributed by atoms with Gasteiger partial charge in [-0.25, -0.2) is 9.98 Å². The number of nitrogens with zero attached hydrogens (tertiary/aromatic N) is 5. The van der Waals surface area contributed by atoms with Gasteiger partial charge in [-0.3, -0.25) is 4.40 Å². The van der Waals surface area contributed by atoms with Gasteiger partial charge >= 0.3 is 0 Å². The maximum Gasteiger partial charge on any atom is 0.189 e. The lowest BCUT2D eigenvalue weighted by atomic mass is 10.1. The lowest BCUT2D eigenvalue weighted by Crippen LogP contribution is -2.28. The minimum atomic E-state index is 0.673. The standard InChI is InChI=1S/C18H19N5/c1-14-17(23-13-6-3-8-16(23)20-14)18-19-10-7-9-15(21-18)22-11-4-2-5-12-22/h3,6-9,13H,2,4-5,11-12H2,1H3. The van der Waals surface area contributed by atoms with Gasteiger partial charge in [0.15, 0.2) is 5.84 Å². The Hall–Kier alpha value is -2.65. The summed E-state index contributed by atoms with van der Waals surface area (Å²) >= 11 is 0. The third kappa shape index (κ3) is 2.60. The average Bonchev–Trinajstić information content (AvgIpc) is 2.76. The van der Waals surface area contributed by atoms with Crippen LogP contribution in [0.15, 0.2) is 52.4 Å². The molecule has 23 heavy (non-hydrogen) atoms. The number of hydrogen-bond donors (Lipinski definition) is 0. The van der Waals surface area contributed by atoms with Crippen molar-refractivity contribution in [1.82, 2.24) is 14.3 Å². The van der Waals surface area contributed by atoms with Gasteiger partial charge in [0, 0.05) is 25.4 Å². The van der Waals surface area contributed by atoms with E-state index in [0.29, 0.717) is 5.84 Å². The van der Waals surface area contributed by atoms with E-state index in [2.05, 4.69) is 20.7 Å². The summed E-state index contributed by atoms with van der Waals surface area (Å²) in [6.07, 6.45) is 9.60. The van der Waals surface area contributed by atoms with Gasteiger partial charge in [0.05, 0.1) is 5.69 Å². The van der Waals surface area contributed by atoms with Crippen molar-refractivity contribution >= 4 is 17.4 Å². The minimum Gasteiger partial charge on any atom is -0.357 e. The highest BCUT2D eigenvalue weighted by Crippen LogP contribution is 2.20. The second-order valence-electron chi connectivity index (χ2n) is 5.89. The van der Waals surface area contributed by atoms with E-state index in [9.17, 15) is 0 Å². The molecule has 2 aromatic heterocycles. The number of aliphatic imine (C=N–C) groups is 2. The molecule has 5 nitrogen and oxygen atoms in total. The zero-order valence-corrected chi connectivity index (χ0v) is 13.2. The van der Waals surface area contributed by atoms with Crippen molar-refractivity contribution in [1.29, 1.82) is 0 Å². The first-order chi connectivity index (χ1) is 11.3. The number of pyridine rings is 1. The van der Waals surface area contributed by atoms with Crippen molar-refractivity contribution in [2.45, 2.75) is 26.2 Å². The van der Waals surface area contributed by atoms with E-state index in [-0.39, 0.29) is 0 Å². The topological polar surface area (TPSA) is 45.3 Å². The van der Waals surface area contributed by atoms with Crippen molar-refractivity contribution in [3.8, 4) is 0 Å². The Morgan fingerprint density at radius 3 is 2.87 bits per heavy atom. The van der Waals surface area contributed by atoms with E-state index in [1.54, 1.807) is 0 Å². The molecule has 1 fully saturated rings. The molecule has 4 rings (SSSR count). The molecule has 4 heterocycles. The van der Waals surface area contributed by atoms with Crippen molar-refractivity contribution in [3.05, 3.63) is 53.8 Å². The third-order valence-electron chi connectivity index (χ3n) is 4.29. The minimum absolute atomic E-state index is 0.673. The highest BCUT2D eigenvalue weighted by molar-refractivity contribution is 6.03. The number of hydrogen-bond acceptors (Lipinski definition) is 4. The monoisotopic (exact) mass is 305 g/mol. The molecule has 1 saturated heterocycles. The molecular weight excluding hydrogens is 286 g/mol. The molecule has 0 aliphatic carbocycles. The lowest BCUT2D eigenvalue weighted by molar-refractivity contribution is 0.283. The molecule has 0 amide bonds.